The molecule has 36 heavy (non-hydrogen) atoms. The monoisotopic (exact) mass is 651 g/mol. The van der Waals surface area contributed by atoms with E-state index in [0.29, 0.717) is 14.1 Å². The number of alkyl halides is 12. The summed E-state index contributed by atoms with van der Waals surface area (Å²) in [5.41, 5.74) is -14.4. The number of benzene rings is 1. The van der Waals surface area contributed by atoms with Crippen LogP contribution in [0.1, 0.15) is 0 Å². The van der Waals surface area contributed by atoms with E-state index in [-0.39, 0.29) is 4.67 Å². The van der Waals surface area contributed by atoms with Gasteiger partial charge in [-0.05, 0) is 0 Å². The number of rotatable bonds is 1. The summed E-state index contributed by atoms with van der Waals surface area (Å²) in [7, 11) is -6.86. The van der Waals surface area contributed by atoms with E-state index in [2.05, 4.69) is 9.05 Å². The van der Waals surface area contributed by atoms with E-state index >= 15 is 0 Å². The molecule has 1 aromatic rings. The van der Waals surface area contributed by atoms with Crippen LogP contribution in [0.15, 0.2) is 0 Å². The molecule has 0 saturated carbocycles. The second-order valence-corrected chi connectivity index (χ2v) is 11.8. The normalized spacial score (nSPS) is 23.7. The quantitative estimate of drug-likeness (QED) is 0.132. The summed E-state index contributed by atoms with van der Waals surface area (Å²) in [6, 6.07) is 0. The van der Waals surface area contributed by atoms with Gasteiger partial charge in [0.2, 0.25) is 0 Å². The van der Waals surface area contributed by atoms with Gasteiger partial charge in [-0.3, -0.25) is 0 Å². The van der Waals surface area contributed by atoms with E-state index < -0.39 is 75.2 Å². The molecule has 1 saturated heterocycles. The molecule has 1 spiro atoms. The molecule has 0 aliphatic carbocycles. The first-order valence-corrected chi connectivity index (χ1v) is 11.8. The van der Waals surface area contributed by atoms with Gasteiger partial charge in [0.1, 0.15) is 0 Å². The Labute approximate surface area is 211 Å². The summed E-state index contributed by atoms with van der Waals surface area (Å²) < 4.78 is 185. The average Bonchev–Trinajstić information content (AvgIpc) is 3.18. The van der Waals surface area contributed by atoms with Crippen molar-refractivity contribution in [3.05, 3.63) is 20.1 Å². The number of fused-ring (bicyclic) bond motifs is 1. The van der Waals surface area contributed by atoms with E-state index in [1.54, 1.807) is 0 Å². The van der Waals surface area contributed by atoms with Crippen LogP contribution in [0.3, 0.4) is 0 Å². The van der Waals surface area contributed by atoms with Gasteiger partial charge in [-0.2, -0.15) is 0 Å². The third-order valence-electron chi connectivity index (χ3n) is 5.00. The molecule has 0 unspecified atom stereocenters. The van der Waals surface area contributed by atoms with Crippen LogP contribution < -0.4 is 9.05 Å². The summed E-state index contributed by atoms with van der Waals surface area (Å²) in [5, 5.41) is -3.67. The Bertz CT molecular complexity index is 1010. The fourth-order valence-electron chi connectivity index (χ4n) is 3.41. The Hall–Kier alpha value is -0.550. The van der Waals surface area contributed by atoms with Crippen molar-refractivity contribution >= 4 is 54.1 Å². The SMILES string of the molecule is CN(C)P12(Oc3c(Cl)c(Cl)c(Cl)c(Cl)c3O1)OC(C(F)(F)F)(C(F)(F)F)C(C(F)(F)F)(C(F)(F)F)O2. The maximum atomic E-state index is 14.0. The van der Waals surface area contributed by atoms with Crippen LogP contribution in [0.25, 0.3) is 0 Å². The molecule has 1 fully saturated rings. The topological polar surface area (TPSA) is 40.2 Å². The minimum absolute atomic E-state index is 0.231. The average molecular weight is 653 g/mol. The van der Waals surface area contributed by atoms with Crippen molar-refractivity contribution in [2.45, 2.75) is 35.9 Å². The van der Waals surface area contributed by atoms with Crippen molar-refractivity contribution in [1.82, 2.24) is 4.67 Å². The van der Waals surface area contributed by atoms with E-state index in [9.17, 15) is 52.7 Å². The fourth-order valence-corrected chi connectivity index (χ4v) is 7.84. The van der Waals surface area contributed by atoms with Gasteiger partial charge >= 0.3 is 211 Å². The molecule has 2 aliphatic heterocycles. The van der Waals surface area contributed by atoms with Crippen LogP contribution >= 0.6 is 54.1 Å². The first kappa shape index (κ1) is 30.0. The Morgan fingerprint density at radius 1 is 0.556 bits per heavy atom. The molecule has 0 radical (unpaired) electrons. The van der Waals surface area contributed by atoms with Gasteiger partial charge in [0.25, 0.3) is 0 Å². The minimum atomic E-state index is -7.57. The zero-order chi connectivity index (χ0) is 28.3. The van der Waals surface area contributed by atoms with Gasteiger partial charge in [0, 0.05) is 0 Å². The standard InChI is InChI=1S/C14H6Cl4F12NO4P/c1-31(2)36(32-7-5(17)3(15)4(16)6(18)8(7)33-36)34-9(11(19,20)21,12(22,23)24)10(35-36,13(25,26)27)14(28,29)30/h1-2H3. The van der Waals surface area contributed by atoms with Crippen LogP contribution in [0.2, 0.25) is 20.1 Å². The van der Waals surface area contributed by atoms with Crippen molar-refractivity contribution in [3.63, 3.8) is 0 Å². The first-order valence-electron chi connectivity index (χ1n) is 8.41. The Kier molecular flexibility index (Phi) is 6.47. The van der Waals surface area contributed by atoms with E-state index in [4.69, 9.17) is 55.5 Å². The fraction of sp³-hybridized carbons (Fsp3) is 0.571. The van der Waals surface area contributed by atoms with Crippen LogP contribution in [0.5, 0.6) is 11.5 Å². The Morgan fingerprint density at radius 2 is 0.806 bits per heavy atom. The van der Waals surface area contributed by atoms with Gasteiger partial charge in [0.05, 0.1) is 0 Å². The van der Waals surface area contributed by atoms with E-state index in [0.717, 1.165) is 0 Å². The molecule has 2 heterocycles. The van der Waals surface area contributed by atoms with E-state index in [1.165, 1.54) is 0 Å². The summed E-state index contributed by atoms with van der Waals surface area (Å²) in [4.78, 5) is 0. The predicted molar refractivity (Wildman–Crippen MR) is 100 cm³/mol. The van der Waals surface area contributed by atoms with Crippen molar-refractivity contribution < 1.29 is 70.8 Å². The van der Waals surface area contributed by atoms with Gasteiger partial charge in [-0.25, -0.2) is 0 Å². The maximum absolute atomic E-state index is 14.0. The Balaban J connectivity index is 2.58. The number of hydrogen-bond donors (Lipinski definition) is 0. The predicted octanol–water partition coefficient (Wildman–Crippen LogP) is 8.53. The van der Waals surface area contributed by atoms with Crippen LogP contribution in [-0.2, 0) is 9.05 Å². The summed E-state index contributed by atoms with van der Waals surface area (Å²) in [6.07, 6.45) is -30.1. The van der Waals surface area contributed by atoms with E-state index in [1.807, 2.05) is 0 Å². The third-order valence-corrected chi connectivity index (χ3v) is 10.2. The molecular formula is C14H6Cl4F12NO4P. The molecule has 2 aliphatic rings. The van der Waals surface area contributed by atoms with Gasteiger partial charge in [0.15, 0.2) is 0 Å². The molecule has 22 heteroatoms. The van der Waals surface area contributed by atoms with Gasteiger partial charge in [-0.15, -0.1) is 0 Å². The second kappa shape index (κ2) is 7.77. The van der Waals surface area contributed by atoms with Crippen molar-refractivity contribution in [2.75, 3.05) is 14.1 Å². The Morgan fingerprint density at radius 3 is 1.00 bits per heavy atom. The number of nitrogens with zero attached hydrogens (tertiary/aromatic N) is 1. The molecule has 1 aromatic carbocycles. The summed E-state index contributed by atoms with van der Waals surface area (Å²) in [6.45, 7) is 0. The molecular weight excluding hydrogens is 647 g/mol. The van der Waals surface area contributed by atoms with Crippen molar-refractivity contribution in [2.24, 2.45) is 0 Å². The summed E-state index contributed by atoms with van der Waals surface area (Å²) in [5.74, 6) is -2.61. The second-order valence-electron chi connectivity index (χ2n) is 7.25. The molecule has 0 atom stereocenters. The molecule has 0 aromatic heterocycles. The third kappa shape index (κ3) is 3.36. The first-order chi connectivity index (χ1) is 15.8. The van der Waals surface area contributed by atoms with Crippen LogP contribution in [0.4, 0.5) is 52.7 Å². The molecule has 0 bridgehead atoms. The molecule has 208 valence electrons. The van der Waals surface area contributed by atoms with Crippen LogP contribution in [-0.4, -0.2) is 54.7 Å². The van der Waals surface area contributed by atoms with Gasteiger partial charge < -0.3 is 0 Å². The summed E-state index contributed by atoms with van der Waals surface area (Å²) >= 11 is 22.9. The van der Waals surface area contributed by atoms with Crippen molar-refractivity contribution in [1.29, 1.82) is 0 Å². The zero-order valence-electron chi connectivity index (χ0n) is 16.6. The van der Waals surface area contributed by atoms with Crippen molar-refractivity contribution in [3.8, 4) is 11.5 Å². The van der Waals surface area contributed by atoms with Gasteiger partial charge in [-0.1, -0.05) is 0 Å². The number of halogens is 16. The molecule has 0 amide bonds. The number of hydrogen-bond acceptors (Lipinski definition) is 5. The molecule has 0 N–H and O–H groups in total. The molecule has 3 rings (SSSR count). The zero-order valence-corrected chi connectivity index (χ0v) is 20.5. The van der Waals surface area contributed by atoms with Crippen LogP contribution in [0, 0.1) is 0 Å². The molecule has 5 nitrogen and oxygen atoms in total.